The molecule has 1 saturated heterocycles. The molecule has 8 heteroatoms. The van der Waals surface area contributed by atoms with E-state index in [0.29, 0.717) is 37.0 Å². The summed E-state index contributed by atoms with van der Waals surface area (Å²) in [6.45, 7) is 2.47. The van der Waals surface area contributed by atoms with E-state index in [-0.39, 0.29) is 11.3 Å². The Morgan fingerprint density at radius 1 is 1.43 bits per heavy atom. The number of thioether (sulfide) groups is 1. The summed E-state index contributed by atoms with van der Waals surface area (Å²) in [7, 11) is 0. The Hall–Kier alpha value is -1.80. The summed E-state index contributed by atoms with van der Waals surface area (Å²) >= 11 is 1.09. The Morgan fingerprint density at radius 2 is 2.19 bits per heavy atom. The van der Waals surface area contributed by atoms with Crippen molar-refractivity contribution in [2.45, 2.75) is 5.16 Å². The van der Waals surface area contributed by atoms with Crippen molar-refractivity contribution in [3.63, 3.8) is 0 Å². The number of carboxylic acids is 1. The first-order chi connectivity index (χ1) is 10.2. The molecule has 0 bridgehead atoms. The minimum absolute atomic E-state index is 0.116. The second-order valence-corrected chi connectivity index (χ2v) is 5.50. The van der Waals surface area contributed by atoms with Gasteiger partial charge in [0.15, 0.2) is 11.0 Å². The molecule has 0 radical (unpaired) electrons. The standard InChI is InChI=1S/C13H14FN3O3S/c14-9-2-1-3-10-12(9)15-13(21-8-11(18)19)17(10)16-4-6-20-7-5-16/h1-3H,4-8H2,(H,18,19). The van der Waals surface area contributed by atoms with Gasteiger partial charge in [0.2, 0.25) is 0 Å². The molecule has 1 fully saturated rings. The molecular weight excluding hydrogens is 297 g/mol. The van der Waals surface area contributed by atoms with E-state index in [4.69, 9.17) is 9.84 Å². The number of hydrogen-bond acceptors (Lipinski definition) is 5. The Balaban J connectivity index is 2.06. The SMILES string of the molecule is O=C(O)CSc1nc2c(F)cccc2n1N1CCOCC1. The van der Waals surface area contributed by atoms with Crippen LogP contribution in [0.25, 0.3) is 11.0 Å². The lowest BCUT2D eigenvalue weighted by Gasteiger charge is -2.31. The molecule has 2 heterocycles. The van der Waals surface area contributed by atoms with Crippen LogP contribution in [0.1, 0.15) is 0 Å². The van der Waals surface area contributed by atoms with Gasteiger partial charge >= 0.3 is 5.97 Å². The van der Waals surface area contributed by atoms with Crippen molar-refractivity contribution in [2.24, 2.45) is 0 Å². The number of para-hydroxylation sites is 1. The highest BCUT2D eigenvalue weighted by Gasteiger charge is 2.21. The highest BCUT2D eigenvalue weighted by atomic mass is 32.2. The number of aromatic nitrogens is 2. The van der Waals surface area contributed by atoms with E-state index in [1.165, 1.54) is 6.07 Å². The Kier molecular flexibility index (Phi) is 3.98. The first-order valence-corrected chi connectivity index (χ1v) is 7.50. The van der Waals surface area contributed by atoms with Crippen LogP contribution < -0.4 is 5.01 Å². The quantitative estimate of drug-likeness (QED) is 0.859. The van der Waals surface area contributed by atoms with Crippen molar-refractivity contribution in [1.82, 2.24) is 9.66 Å². The number of ether oxygens (including phenoxy) is 1. The molecule has 0 spiro atoms. The number of morpholine rings is 1. The highest BCUT2D eigenvalue weighted by molar-refractivity contribution is 7.99. The first-order valence-electron chi connectivity index (χ1n) is 6.51. The molecule has 2 aromatic rings. The van der Waals surface area contributed by atoms with Crippen LogP contribution in [0.3, 0.4) is 0 Å². The number of carboxylic acid groups (broad SMARTS) is 1. The van der Waals surface area contributed by atoms with Crippen molar-refractivity contribution < 1.29 is 19.0 Å². The van der Waals surface area contributed by atoms with Gasteiger partial charge in [-0.3, -0.25) is 4.79 Å². The summed E-state index contributed by atoms with van der Waals surface area (Å²) in [6, 6.07) is 4.76. The zero-order valence-electron chi connectivity index (χ0n) is 11.2. The topological polar surface area (TPSA) is 67.6 Å². The van der Waals surface area contributed by atoms with Crippen LogP contribution in [0.15, 0.2) is 23.4 Å². The first kappa shape index (κ1) is 14.2. The molecule has 0 aliphatic carbocycles. The van der Waals surface area contributed by atoms with Gasteiger partial charge in [0.25, 0.3) is 0 Å². The number of nitrogens with zero attached hydrogens (tertiary/aromatic N) is 3. The molecule has 0 amide bonds. The van der Waals surface area contributed by atoms with Crippen molar-refractivity contribution >= 4 is 28.8 Å². The molecule has 112 valence electrons. The van der Waals surface area contributed by atoms with E-state index < -0.39 is 11.8 Å². The van der Waals surface area contributed by atoms with Gasteiger partial charge in [-0.15, -0.1) is 0 Å². The summed E-state index contributed by atoms with van der Waals surface area (Å²) in [5.41, 5.74) is 0.904. The fourth-order valence-electron chi connectivity index (χ4n) is 2.28. The van der Waals surface area contributed by atoms with Gasteiger partial charge in [0, 0.05) is 0 Å². The molecule has 1 aromatic carbocycles. The number of halogens is 1. The number of imidazole rings is 1. The van der Waals surface area contributed by atoms with Crippen LogP contribution >= 0.6 is 11.8 Å². The van der Waals surface area contributed by atoms with Crippen LogP contribution in [-0.2, 0) is 9.53 Å². The molecular formula is C13H14FN3O3S. The normalized spacial score (nSPS) is 15.6. The average Bonchev–Trinajstić information content (AvgIpc) is 2.86. The highest BCUT2D eigenvalue weighted by Crippen LogP contribution is 2.26. The van der Waals surface area contributed by atoms with Gasteiger partial charge in [-0.05, 0) is 12.1 Å². The maximum atomic E-state index is 13.9. The van der Waals surface area contributed by atoms with E-state index >= 15 is 0 Å². The van der Waals surface area contributed by atoms with E-state index in [9.17, 15) is 9.18 Å². The number of hydrogen-bond donors (Lipinski definition) is 1. The second kappa shape index (κ2) is 5.90. The molecule has 1 N–H and O–H groups in total. The Labute approximate surface area is 124 Å². The molecule has 1 aliphatic heterocycles. The maximum Gasteiger partial charge on any atom is 0.313 e. The third-order valence-corrected chi connectivity index (χ3v) is 4.09. The zero-order valence-corrected chi connectivity index (χ0v) is 12.0. The lowest BCUT2D eigenvalue weighted by molar-refractivity contribution is -0.133. The summed E-state index contributed by atoms with van der Waals surface area (Å²) < 4.78 is 21.0. The summed E-state index contributed by atoms with van der Waals surface area (Å²) in [5, 5.41) is 11.3. The van der Waals surface area contributed by atoms with E-state index in [1.54, 1.807) is 16.8 Å². The monoisotopic (exact) mass is 311 g/mol. The third-order valence-electron chi connectivity index (χ3n) is 3.18. The van der Waals surface area contributed by atoms with E-state index in [0.717, 1.165) is 11.8 Å². The molecule has 0 unspecified atom stereocenters. The predicted molar refractivity (Wildman–Crippen MR) is 76.8 cm³/mol. The van der Waals surface area contributed by atoms with Gasteiger partial charge in [-0.1, -0.05) is 17.8 Å². The summed E-state index contributed by atoms with van der Waals surface area (Å²) in [5.74, 6) is -1.45. The van der Waals surface area contributed by atoms with Crippen LogP contribution in [0.5, 0.6) is 0 Å². The number of fused-ring (bicyclic) bond motifs is 1. The fourth-order valence-corrected chi connectivity index (χ4v) is 3.02. The van der Waals surface area contributed by atoms with Crippen molar-refractivity contribution in [2.75, 3.05) is 37.1 Å². The van der Waals surface area contributed by atoms with Crippen LogP contribution in [0.2, 0.25) is 0 Å². The minimum atomic E-state index is -0.930. The molecule has 0 saturated carbocycles. The molecule has 1 aliphatic rings. The van der Waals surface area contributed by atoms with Crippen LogP contribution in [-0.4, -0.2) is 52.8 Å². The maximum absolute atomic E-state index is 13.9. The summed E-state index contributed by atoms with van der Waals surface area (Å²) in [6.07, 6.45) is 0. The van der Waals surface area contributed by atoms with E-state index in [2.05, 4.69) is 4.98 Å². The zero-order chi connectivity index (χ0) is 14.8. The van der Waals surface area contributed by atoms with Gasteiger partial charge in [-0.25, -0.2) is 14.1 Å². The lowest BCUT2D eigenvalue weighted by atomic mass is 10.3. The number of rotatable bonds is 4. The van der Waals surface area contributed by atoms with Crippen molar-refractivity contribution in [3.05, 3.63) is 24.0 Å². The Morgan fingerprint density at radius 3 is 2.90 bits per heavy atom. The molecule has 3 rings (SSSR count). The van der Waals surface area contributed by atoms with E-state index in [1.807, 2.05) is 5.01 Å². The second-order valence-electron chi connectivity index (χ2n) is 4.56. The summed E-state index contributed by atoms with van der Waals surface area (Å²) in [4.78, 5) is 15.0. The molecule has 0 atom stereocenters. The number of carbonyl (C=O) groups is 1. The predicted octanol–water partition coefficient (Wildman–Crippen LogP) is 1.32. The van der Waals surface area contributed by atoms with Crippen molar-refractivity contribution in [3.8, 4) is 0 Å². The number of benzene rings is 1. The molecule has 21 heavy (non-hydrogen) atoms. The average molecular weight is 311 g/mol. The van der Waals surface area contributed by atoms with Gasteiger partial charge < -0.3 is 14.9 Å². The van der Waals surface area contributed by atoms with Crippen molar-refractivity contribution in [1.29, 1.82) is 0 Å². The van der Waals surface area contributed by atoms with Crippen LogP contribution in [0.4, 0.5) is 4.39 Å². The third kappa shape index (κ3) is 2.81. The largest absolute Gasteiger partial charge is 0.481 e. The van der Waals surface area contributed by atoms with Gasteiger partial charge in [0.05, 0.1) is 37.6 Å². The molecule has 1 aromatic heterocycles. The minimum Gasteiger partial charge on any atom is -0.481 e. The van der Waals surface area contributed by atoms with Crippen LogP contribution in [0, 0.1) is 5.82 Å². The fraction of sp³-hybridized carbons (Fsp3) is 0.385. The van der Waals surface area contributed by atoms with Gasteiger partial charge in [0.1, 0.15) is 5.52 Å². The Bertz CT molecular complexity index is 670. The van der Waals surface area contributed by atoms with Gasteiger partial charge in [-0.2, -0.15) is 0 Å². The number of aliphatic carboxylic acids is 1. The lowest BCUT2D eigenvalue weighted by Crippen LogP contribution is -2.44. The molecule has 6 nitrogen and oxygen atoms in total. The smallest absolute Gasteiger partial charge is 0.313 e.